The van der Waals surface area contributed by atoms with Gasteiger partial charge in [0.05, 0.1) is 24.7 Å². The Morgan fingerprint density at radius 2 is 2.12 bits per heavy atom. The molecule has 1 fully saturated rings. The molecule has 0 aliphatic carbocycles. The summed E-state index contributed by atoms with van der Waals surface area (Å²) in [6.07, 6.45) is 0. The first-order chi connectivity index (χ1) is 8.22. The highest BCUT2D eigenvalue weighted by atomic mass is 16.6. The van der Waals surface area contributed by atoms with Crippen LogP contribution in [0.1, 0.15) is 0 Å². The molecule has 0 amide bonds. The number of nitro benzene ring substituents is 1. The largest absolute Gasteiger partial charge is 0.378 e. The van der Waals surface area contributed by atoms with Crippen molar-refractivity contribution in [2.24, 2.45) is 0 Å². The summed E-state index contributed by atoms with van der Waals surface area (Å²) in [5, 5.41) is 10.9. The zero-order chi connectivity index (χ0) is 12.3. The van der Waals surface area contributed by atoms with Crippen molar-refractivity contribution in [1.29, 1.82) is 0 Å². The molecule has 0 N–H and O–H groups in total. The van der Waals surface area contributed by atoms with E-state index < -0.39 is 4.92 Å². The second kappa shape index (κ2) is 4.80. The minimum atomic E-state index is -0.418. The first-order valence-corrected chi connectivity index (χ1v) is 5.21. The summed E-state index contributed by atoms with van der Waals surface area (Å²) in [4.78, 5) is 15.7. The third-order valence-electron chi connectivity index (χ3n) is 2.64. The van der Waals surface area contributed by atoms with E-state index in [1.54, 1.807) is 6.07 Å². The third-order valence-corrected chi connectivity index (χ3v) is 2.64. The van der Waals surface area contributed by atoms with Gasteiger partial charge in [0.1, 0.15) is 5.69 Å². The molecule has 2 rings (SSSR count). The Morgan fingerprint density at radius 3 is 2.71 bits per heavy atom. The van der Waals surface area contributed by atoms with Crippen molar-refractivity contribution >= 4 is 17.1 Å². The van der Waals surface area contributed by atoms with Gasteiger partial charge >= 0.3 is 0 Å². The van der Waals surface area contributed by atoms with Gasteiger partial charge in [-0.3, -0.25) is 10.1 Å². The van der Waals surface area contributed by atoms with Crippen LogP contribution in [-0.4, -0.2) is 31.2 Å². The topological polar surface area (TPSA) is 60.0 Å². The van der Waals surface area contributed by atoms with Gasteiger partial charge in [0.25, 0.3) is 5.69 Å². The van der Waals surface area contributed by atoms with Crippen LogP contribution in [0.25, 0.3) is 4.85 Å². The average Bonchev–Trinajstić information content (AvgIpc) is 2.39. The molecule has 0 saturated carbocycles. The van der Waals surface area contributed by atoms with Gasteiger partial charge in [0.2, 0.25) is 0 Å². The lowest BCUT2D eigenvalue weighted by Gasteiger charge is -2.28. The van der Waals surface area contributed by atoms with Crippen LogP contribution in [0, 0.1) is 16.7 Å². The molecule has 1 saturated heterocycles. The molecule has 0 unspecified atom stereocenters. The van der Waals surface area contributed by atoms with Gasteiger partial charge in [-0.05, 0) is 12.1 Å². The molecule has 0 spiro atoms. The molecule has 1 aromatic carbocycles. The Balaban J connectivity index is 2.41. The van der Waals surface area contributed by atoms with Gasteiger partial charge < -0.3 is 9.64 Å². The molecule has 17 heavy (non-hydrogen) atoms. The van der Waals surface area contributed by atoms with Crippen molar-refractivity contribution in [3.63, 3.8) is 0 Å². The molecular weight excluding hydrogens is 222 g/mol. The van der Waals surface area contributed by atoms with Crippen molar-refractivity contribution in [3.8, 4) is 0 Å². The van der Waals surface area contributed by atoms with E-state index in [0.717, 1.165) is 0 Å². The predicted molar refractivity (Wildman–Crippen MR) is 62.4 cm³/mol. The van der Waals surface area contributed by atoms with E-state index in [1.807, 2.05) is 4.90 Å². The molecule has 6 heteroatoms. The van der Waals surface area contributed by atoms with Crippen molar-refractivity contribution < 1.29 is 9.66 Å². The zero-order valence-corrected chi connectivity index (χ0v) is 9.13. The van der Waals surface area contributed by atoms with Gasteiger partial charge in [0.15, 0.2) is 5.69 Å². The number of anilines is 1. The van der Waals surface area contributed by atoms with Crippen LogP contribution in [0.5, 0.6) is 0 Å². The zero-order valence-electron chi connectivity index (χ0n) is 9.13. The van der Waals surface area contributed by atoms with E-state index in [1.165, 1.54) is 12.1 Å². The molecule has 0 atom stereocenters. The summed E-state index contributed by atoms with van der Waals surface area (Å²) < 4.78 is 5.21. The van der Waals surface area contributed by atoms with Gasteiger partial charge in [-0.1, -0.05) is 0 Å². The molecule has 6 nitrogen and oxygen atoms in total. The number of hydrogen-bond acceptors (Lipinski definition) is 4. The van der Waals surface area contributed by atoms with Gasteiger partial charge in [-0.25, -0.2) is 4.85 Å². The van der Waals surface area contributed by atoms with E-state index >= 15 is 0 Å². The first-order valence-electron chi connectivity index (χ1n) is 5.21. The number of nitro groups is 1. The number of hydrogen-bond donors (Lipinski definition) is 0. The first kappa shape index (κ1) is 11.4. The monoisotopic (exact) mass is 233 g/mol. The minimum absolute atomic E-state index is 0.0410. The minimum Gasteiger partial charge on any atom is -0.378 e. The van der Waals surface area contributed by atoms with Crippen molar-refractivity contribution in [1.82, 2.24) is 0 Å². The number of rotatable bonds is 2. The summed E-state index contributed by atoms with van der Waals surface area (Å²) in [6, 6.07) is 4.42. The summed E-state index contributed by atoms with van der Waals surface area (Å²) in [5.41, 5.74) is 0.961. The molecular formula is C11H11N3O3. The molecule has 1 heterocycles. The number of benzene rings is 1. The van der Waals surface area contributed by atoms with Crippen LogP contribution < -0.4 is 4.90 Å². The normalized spacial score (nSPS) is 15.4. The maximum atomic E-state index is 10.9. The summed E-state index contributed by atoms with van der Waals surface area (Å²) in [6.45, 7) is 9.28. The van der Waals surface area contributed by atoms with E-state index in [9.17, 15) is 10.1 Å². The lowest BCUT2D eigenvalue weighted by molar-refractivity contribution is -0.384. The SMILES string of the molecule is [C-]#[N+]c1ccc([N+](=O)[O-])c(N2CCOCC2)c1. The second-order valence-corrected chi connectivity index (χ2v) is 3.64. The van der Waals surface area contributed by atoms with Crippen molar-refractivity contribution in [2.45, 2.75) is 0 Å². The molecule has 0 bridgehead atoms. The Hall–Kier alpha value is -2.13. The Labute approximate surface area is 98.4 Å². The maximum Gasteiger partial charge on any atom is 0.289 e. The van der Waals surface area contributed by atoms with E-state index in [4.69, 9.17) is 11.3 Å². The number of nitrogens with zero attached hydrogens (tertiary/aromatic N) is 3. The maximum absolute atomic E-state index is 10.9. The van der Waals surface area contributed by atoms with Crippen LogP contribution in [0.4, 0.5) is 17.1 Å². The molecule has 1 aliphatic heterocycles. The Morgan fingerprint density at radius 1 is 1.41 bits per heavy atom. The Bertz CT molecular complexity index is 475. The smallest absolute Gasteiger partial charge is 0.289 e. The highest BCUT2D eigenvalue weighted by molar-refractivity contribution is 5.70. The highest BCUT2D eigenvalue weighted by Crippen LogP contribution is 2.32. The van der Waals surface area contributed by atoms with Crippen LogP contribution in [-0.2, 0) is 4.74 Å². The van der Waals surface area contributed by atoms with Gasteiger partial charge in [-0.2, -0.15) is 0 Å². The fourth-order valence-corrected chi connectivity index (χ4v) is 1.79. The molecule has 0 aromatic heterocycles. The standard InChI is InChI=1S/C11H11N3O3/c1-12-9-2-3-10(14(15)16)11(8-9)13-4-6-17-7-5-13/h2-3,8H,4-7H2. The molecule has 1 aliphatic rings. The number of morpholine rings is 1. The van der Waals surface area contributed by atoms with Crippen LogP contribution in [0.15, 0.2) is 18.2 Å². The number of ether oxygens (including phenoxy) is 1. The van der Waals surface area contributed by atoms with Crippen molar-refractivity contribution in [3.05, 3.63) is 39.7 Å². The predicted octanol–water partition coefficient (Wildman–Crippen LogP) is 1.98. The van der Waals surface area contributed by atoms with Crippen LogP contribution >= 0.6 is 0 Å². The van der Waals surface area contributed by atoms with Crippen molar-refractivity contribution in [2.75, 3.05) is 31.2 Å². The summed E-state index contributed by atoms with van der Waals surface area (Å²) in [5.74, 6) is 0. The Kier molecular flexibility index (Phi) is 3.21. The van der Waals surface area contributed by atoms with Gasteiger partial charge in [0, 0.05) is 19.2 Å². The highest BCUT2D eigenvalue weighted by Gasteiger charge is 2.21. The molecule has 1 aromatic rings. The summed E-state index contributed by atoms with van der Waals surface area (Å²) in [7, 11) is 0. The lowest BCUT2D eigenvalue weighted by Crippen LogP contribution is -2.36. The lowest BCUT2D eigenvalue weighted by atomic mass is 10.2. The summed E-state index contributed by atoms with van der Waals surface area (Å²) >= 11 is 0. The fraction of sp³-hybridized carbons (Fsp3) is 0.364. The van der Waals surface area contributed by atoms with E-state index in [0.29, 0.717) is 37.7 Å². The third kappa shape index (κ3) is 2.34. The molecule has 88 valence electrons. The fourth-order valence-electron chi connectivity index (χ4n) is 1.79. The van der Waals surface area contributed by atoms with Crippen LogP contribution in [0.3, 0.4) is 0 Å². The van der Waals surface area contributed by atoms with Crippen LogP contribution in [0.2, 0.25) is 0 Å². The second-order valence-electron chi connectivity index (χ2n) is 3.64. The van der Waals surface area contributed by atoms with E-state index in [-0.39, 0.29) is 5.69 Å². The average molecular weight is 233 g/mol. The quantitative estimate of drug-likeness (QED) is 0.445. The molecule has 0 radical (unpaired) electrons. The van der Waals surface area contributed by atoms with Gasteiger partial charge in [-0.15, -0.1) is 0 Å². The van der Waals surface area contributed by atoms with E-state index in [2.05, 4.69) is 4.85 Å².